The monoisotopic (exact) mass is 293 g/mol. The summed E-state index contributed by atoms with van der Waals surface area (Å²) in [5.74, 6) is 2.43. The van der Waals surface area contributed by atoms with Crippen molar-refractivity contribution >= 4 is 0 Å². The van der Waals surface area contributed by atoms with Gasteiger partial charge in [0.05, 0.1) is 13.2 Å². The van der Waals surface area contributed by atoms with E-state index in [1.54, 1.807) is 0 Å². The van der Waals surface area contributed by atoms with Crippen LogP contribution in [0.4, 0.5) is 0 Å². The van der Waals surface area contributed by atoms with Crippen LogP contribution in [0.3, 0.4) is 0 Å². The first-order valence-electron chi connectivity index (χ1n) is 8.14. The number of rotatable bonds is 10. The lowest BCUT2D eigenvalue weighted by Crippen LogP contribution is -2.21. The molecule has 0 atom stereocenters. The molecule has 3 heteroatoms. The summed E-state index contributed by atoms with van der Waals surface area (Å²) < 4.78 is 11.6. The van der Waals surface area contributed by atoms with E-state index in [1.807, 2.05) is 13.0 Å². The van der Waals surface area contributed by atoms with E-state index in [9.17, 15) is 0 Å². The van der Waals surface area contributed by atoms with E-state index in [2.05, 4.69) is 45.1 Å². The molecule has 3 nitrogen and oxygen atoms in total. The average Bonchev–Trinajstić information content (AvgIpc) is 2.43. The third kappa shape index (κ3) is 7.37. The molecule has 1 N–H and O–H groups in total. The molecule has 0 bridgehead atoms. The molecule has 0 heterocycles. The Hall–Kier alpha value is -1.22. The first-order chi connectivity index (χ1) is 10.0. The van der Waals surface area contributed by atoms with Crippen molar-refractivity contribution in [1.82, 2.24) is 5.32 Å². The number of nitrogens with one attached hydrogen (secondary N) is 1. The SMILES string of the molecule is CCOc1cc(CNC(C)C)ccc1OCCCC(C)C. The maximum Gasteiger partial charge on any atom is 0.161 e. The van der Waals surface area contributed by atoms with Gasteiger partial charge in [0.1, 0.15) is 0 Å². The zero-order valence-electron chi connectivity index (χ0n) is 14.2. The van der Waals surface area contributed by atoms with Gasteiger partial charge in [-0.3, -0.25) is 0 Å². The average molecular weight is 293 g/mol. The van der Waals surface area contributed by atoms with Gasteiger partial charge in [0.2, 0.25) is 0 Å². The van der Waals surface area contributed by atoms with E-state index in [-0.39, 0.29) is 0 Å². The molecule has 0 unspecified atom stereocenters. The summed E-state index contributed by atoms with van der Waals surface area (Å²) in [5, 5.41) is 3.42. The van der Waals surface area contributed by atoms with Crippen LogP contribution in [0.1, 0.15) is 53.0 Å². The molecule has 0 spiro atoms. The third-order valence-corrected chi connectivity index (χ3v) is 3.21. The van der Waals surface area contributed by atoms with E-state index in [1.165, 1.54) is 12.0 Å². The molecule has 0 aromatic heterocycles. The molecule has 1 aromatic rings. The minimum Gasteiger partial charge on any atom is -0.490 e. The lowest BCUT2D eigenvalue weighted by molar-refractivity contribution is 0.266. The molecular weight excluding hydrogens is 262 g/mol. The maximum atomic E-state index is 5.88. The molecule has 0 aliphatic carbocycles. The first kappa shape index (κ1) is 17.8. The summed E-state index contributed by atoms with van der Waals surface area (Å²) in [5.41, 5.74) is 1.22. The quantitative estimate of drug-likeness (QED) is 0.649. The number of hydrogen-bond donors (Lipinski definition) is 1. The Bertz CT molecular complexity index is 402. The maximum absolute atomic E-state index is 5.88. The smallest absolute Gasteiger partial charge is 0.161 e. The second-order valence-corrected chi connectivity index (χ2v) is 6.13. The Labute approximate surface area is 130 Å². The van der Waals surface area contributed by atoms with Crippen LogP contribution in [0.15, 0.2) is 18.2 Å². The molecule has 0 amide bonds. The van der Waals surface area contributed by atoms with Crippen molar-refractivity contribution in [2.45, 2.75) is 60.0 Å². The summed E-state index contributed by atoms with van der Waals surface area (Å²) >= 11 is 0. The highest BCUT2D eigenvalue weighted by Gasteiger charge is 2.07. The lowest BCUT2D eigenvalue weighted by Gasteiger charge is -2.15. The van der Waals surface area contributed by atoms with Gasteiger partial charge in [0.15, 0.2) is 11.5 Å². The van der Waals surface area contributed by atoms with Gasteiger partial charge in [0, 0.05) is 12.6 Å². The molecule has 1 aromatic carbocycles. The molecule has 120 valence electrons. The van der Waals surface area contributed by atoms with Gasteiger partial charge in [-0.1, -0.05) is 33.8 Å². The van der Waals surface area contributed by atoms with Gasteiger partial charge < -0.3 is 14.8 Å². The molecular formula is C18H31NO2. The van der Waals surface area contributed by atoms with Gasteiger partial charge in [-0.05, 0) is 43.4 Å². The van der Waals surface area contributed by atoms with Gasteiger partial charge in [-0.25, -0.2) is 0 Å². The van der Waals surface area contributed by atoms with Gasteiger partial charge in [-0.2, -0.15) is 0 Å². The number of ether oxygens (including phenoxy) is 2. The second kappa shape index (κ2) is 9.67. The summed E-state index contributed by atoms with van der Waals surface area (Å²) in [6.07, 6.45) is 2.28. The van der Waals surface area contributed by atoms with Crippen LogP contribution in [0, 0.1) is 5.92 Å². The predicted molar refractivity (Wildman–Crippen MR) is 89.2 cm³/mol. The zero-order valence-corrected chi connectivity index (χ0v) is 14.2. The molecule has 0 aliphatic heterocycles. The van der Waals surface area contributed by atoms with Crippen molar-refractivity contribution < 1.29 is 9.47 Å². The standard InChI is InChI=1S/C18H31NO2/c1-6-20-18-12-16(13-19-15(4)5)9-10-17(18)21-11-7-8-14(2)3/h9-10,12,14-15,19H,6-8,11,13H2,1-5H3. The Balaban J connectivity index is 2.61. The predicted octanol–water partition coefficient (Wildman–Crippen LogP) is 4.40. The highest BCUT2D eigenvalue weighted by molar-refractivity contribution is 5.43. The Morgan fingerprint density at radius 3 is 2.43 bits per heavy atom. The largest absolute Gasteiger partial charge is 0.490 e. The molecule has 0 saturated carbocycles. The summed E-state index contributed by atoms with van der Waals surface area (Å²) in [7, 11) is 0. The fourth-order valence-electron chi connectivity index (χ4n) is 2.05. The van der Waals surface area contributed by atoms with Crippen LogP contribution in [0.2, 0.25) is 0 Å². The number of benzene rings is 1. The van der Waals surface area contributed by atoms with E-state index >= 15 is 0 Å². The molecule has 21 heavy (non-hydrogen) atoms. The van der Waals surface area contributed by atoms with Crippen molar-refractivity contribution in [3.05, 3.63) is 23.8 Å². The van der Waals surface area contributed by atoms with Gasteiger partial charge >= 0.3 is 0 Å². The van der Waals surface area contributed by atoms with Gasteiger partial charge in [-0.15, -0.1) is 0 Å². The lowest BCUT2D eigenvalue weighted by atomic mass is 10.1. The molecule has 1 rings (SSSR count). The first-order valence-corrected chi connectivity index (χ1v) is 8.14. The highest BCUT2D eigenvalue weighted by Crippen LogP contribution is 2.29. The minimum absolute atomic E-state index is 0.479. The van der Waals surface area contributed by atoms with Crippen LogP contribution in [0.5, 0.6) is 11.5 Å². The van der Waals surface area contributed by atoms with Crippen molar-refractivity contribution in [3.8, 4) is 11.5 Å². The molecule has 0 aliphatic rings. The Morgan fingerprint density at radius 2 is 1.81 bits per heavy atom. The fourth-order valence-corrected chi connectivity index (χ4v) is 2.05. The molecule has 0 radical (unpaired) electrons. The summed E-state index contributed by atoms with van der Waals surface area (Å²) in [6.45, 7) is 13.0. The van der Waals surface area contributed by atoms with Crippen molar-refractivity contribution in [2.75, 3.05) is 13.2 Å². The third-order valence-electron chi connectivity index (χ3n) is 3.21. The van der Waals surface area contributed by atoms with Crippen molar-refractivity contribution in [3.63, 3.8) is 0 Å². The summed E-state index contributed by atoms with van der Waals surface area (Å²) in [4.78, 5) is 0. The van der Waals surface area contributed by atoms with Gasteiger partial charge in [0.25, 0.3) is 0 Å². The highest BCUT2D eigenvalue weighted by atomic mass is 16.5. The van der Waals surface area contributed by atoms with Crippen LogP contribution in [0.25, 0.3) is 0 Å². The Kier molecular flexibility index (Phi) is 8.21. The van der Waals surface area contributed by atoms with Crippen LogP contribution < -0.4 is 14.8 Å². The van der Waals surface area contributed by atoms with E-state index < -0.39 is 0 Å². The minimum atomic E-state index is 0.479. The summed E-state index contributed by atoms with van der Waals surface area (Å²) in [6, 6.07) is 6.69. The van der Waals surface area contributed by atoms with E-state index in [4.69, 9.17) is 9.47 Å². The zero-order chi connectivity index (χ0) is 15.7. The van der Waals surface area contributed by atoms with Crippen molar-refractivity contribution in [1.29, 1.82) is 0 Å². The normalized spacial score (nSPS) is 11.2. The van der Waals surface area contributed by atoms with Crippen LogP contribution in [-0.4, -0.2) is 19.3 Å². The van der Waals surface area contributed by atoms with E-state index in [0.717, 1.165) is 37.0 Å². The van der Waals surface area contributed by atoms with Crippen molar-refractivity contribution in [2.24, 2.45) is 5.92 Å². The molecule has 0 fully saturated rings. The Morgan fingerprint density at radius 1 is 1.05 bits per heavy atom. The second-order valence-electron chi connectivity index (χ2n) is 6.13. The molecule has 0 saturated heterocycles. The van der Waals surface area contributed by atoms with E-state index in [0.29, 0.717) is 12.6 Å². The van der Waals surface area contributed by atoms with Crippen LogP contribution in [-0.2, 0) is 6.54 Å². The number of hydrogen-bond acceptors (Lipinski definition) is 3. The topological polar surface area (TPSA) is 30.5 Å². The van der Waals surface area contributed by atoms with Crippen LogP contribution >= 0.6 is 0 Å². The fraction of sp³-hybridized carbons (Fsp3) is 0.667.